The van der Waals surface area contributed by atoms with E-state index < -0.39 is 0 Å². The molecule has 26 heavy (non-hydrogen) atoms. The molecule has 2 heterocycles. The summed E-state index contributed by atoms with van der Waals surface area (Å²) in [4.78, 5) is 30.9. The molecule has 0 spiro atoms. The summed E-state index contributed by atoms with van der Waals surface area (Å²) >= 11 is 11.2. The SMILES string of the molecule is Cc1cc(C(=O)N2CCSCC2)ccc1NC(=O)c1cc(Br)cnc1Cl. The lowest BCUT2D eigenvalue weighted by Gasteiger charge is -2.26. The summed E-state index contributed by atoms with van der Waals surface area (Å²) in [5.41, 5.74) is 2.37. The average Bonchev–Trinajstić information content (AvgIpc) is 2.65. The van der Waals surface area contributed by atoms with Gasteiger partial charge in [0.05, 0.1) is 5.56 Å². The minimum Gasteiger partial charge on any atom is -0.337 e. The third-order valence-electron chi connectivity index (χ3n) is 4.07. The number of carbonyl (C=O) groups is 2. The molecular weight excluding hydrogens is 438 g/mol. The molecule has 2 aromatic rings. The van der Waals surface area contributed by atoms with Crippen LogP contribution in [-0.2, 0) is 0 Å². The maximum absolute atomic E-state index is 12.6. The van der Waals surface area contributed by atoms with Crippen LogP contribution in [0.5, 0.6) is 0 Å². The highest BCUT2D eigenvalue weighted by atomic mass is 79.9. The van der Waals surface area contributed by atoms with E-state index in [0.717, 1.165) is 30.2 Å². The highest BCUT2D eigenvalue weighted by Crippen LogP contribution is 2.23. The van der Waals surface area contributed by atoms with Crippen LogP contribution in [0.3, 0.4) is 0 Å². The van der Waals surface area contributed by atoms with Crippen LogP contribution < -0.4 is 5.32 Å². The Bertz CT molecular complexity index is 856. The Hall–Kier alpha value is -1.57. The fourth-order valence-electron chi connectivity index (χ4n) is 2.66. The van der Waals surface area contributed by atoms with Crippen molar-refractivity contribution in [3.63, 3.8) is 0 Å². The molecule has 0 unspecified atom stereocenters. The zero-order valence-electron chi connectivity index (χ0n) is 14.1. The topological polar surface area (TPSA) is 62.3 Å². The Labute approximate surface area is 169 Å². The Morgan fingerprint density at radius 3 is 2.69 bits per heavy atom. The predicted molar refractivity (Wildman–Crippen MR) is 109 cm³/mol. The maximum Gasteiger partial charge on any atom is 0.258 e. The van der Waals surface area contributed by atoms with Crippen molar-refractivity contribution in [2.24, 2.45) is 0 Å². The summed E-state index contributed by atoms with van der Waals surface area (Å²) in [5, 5.41) is 2.96. The van der Waals surface area contributed by atoms with Crippen LogP contribution >= 0.6 is 39.3 Å². The van der Waals surface area contributed by atoms with Crippen LogP contribution in [0.4, 0.5) is 5.69 Å². The van der Waals surface area contributed by atoms with Crippen molar-refractivity contribution < 1.29 is 9.59 Å². The molecule has 8 heteroatoms. The molecule has 0 saturated carbocycles. The predicted octanol–water partition coefficient (Wildman–Crippen LogP) is 4.25. The zero-order valence-corrected chi connectivity index (χ0v) is 17.2. The number of carbonyl (C=O) groups excluding carboxylic acids is 2. The van der Waals surface area contributed by atoms with Gasteiger partial charge >= 0.3 is 0 Å². The van der Waals surface area contributed by atoms with Gasteiger partial charge in [0.25, 0.3) is 11.8 Å². The number of nitrogens with zero attached hydrogens (tertiary/aromatic N) is 2. The van der Waals surface area contributed by atoms with Gasteiger partial charge in [-0.2, -0.15) is 11.8 Å². The number of hydrogen-bond acceptors (Lipinski definition) is 4. The second kappa shape index (κ2) is 8.41. The van der Waals surface area contributed by atoms with Crippen LogP contribution in [0, 0.1) is 6.92 Å². The van der Waals surface area contributed by atoms with Gasteiger partial charge in [-0.3, -0.25) is 9.59 Å². The number of aromatic nitrogens is 1. The number of nitrogens with one attached hydrogen (secondary N) is 1. The van der Waals surface area contributed by atoms with E-state index in [1.807, 2.05) is 23.6 Å². The molecule has 0 radical (unpaired) electrons. The van der Waals surface area contributed by atoms with Crippen LogP contribution in [-0.4, -0.2) is 46.3 Å². The molecule has 1 saturated heterocycles. The van der Waals surface area contributed by atoms with Crippen molar-refractivity contribution in [3.05, 3.63) is 56.8 Å². The smallest absolute Gasteiger partial charge is 0.258 e. The lowest BCUT2D eigenvalue weighted by atomic mass is 10.1. The largest absolute Gasteiger partial charge is 0.337 e. The molecule has 1 N–H and O–H groups in total. The van der Waals surface area contributed by atoms with Crippen molar-refractivity contribution in [2.45, 2.75) is 6.92 Å². The van der Waals surface area contributed by atoms with Crippen molar-refractivity contribution in [2.75, 3.05) is 29.9 Å². The van der Waals surface area contributed by atoms with Gasteiger partial charge in [0, 0.05) is 46.5 Å². The van der Waals surface area contributed by atoms with Gasteiger partial charge in [0.1, 0.15) is 5.15 Å². The number of rotatable bonds is 3. The lowest BCUT2D eigenvalue weighted by Crippen LogP contribution is -2.37. The molecule has 136 valence electrons. The summed E-state index contributed by atoms with van der Waals surface area (Å²) in [7, 11) is 0. The number of aryl methyl sites for hydroxylation is 1. The monoisotopic (exact) mass is 453 g/mol. The first-order valence-corrected chi connectivity index (χ1v) is 10.4. The van der Waals surface area contributed by atoms with Crippen LogP contribution in [0.15, 0.2) is 34.9 Å². The molecular formula is C18H17BrClN3O2S. The number of anilines is 1. The Balaban J connectivity index is 1.76. The van der Waals surface area contributed by atoms with E-state index in [-0.39, 0.29) is 22.5 Å². The summed E-state index contributed by atoms with van der Waals surface area (Å²) in [5.74, 6) is 1.63. The fourth-order valence-corrected chi connectivity index (χ4v) is 4.08. The van der Waals surface area contributed by atoms with Gasteiger partial charge in [-0.25, -0.2) is 4.98 Å². The number of amides is 2. The van der Waals surface area contributed by atoms with E-state index in [9.17, 15) is 9.59 Å². The van der Waals surface area contributed by atoms with Gasteiger partial charge in [0.15, 0.2) is 0 Å². The van der Waals surface area contributed by atoms with Crippen molar-refractivity contribution in [1.29, 1.82) is 0 Å². The van der Waals surface area contributed by atoms with Gasteiger partial charge in [-0.05, 0) is 52.7 Å². The number of benzene rings is 1. The summed E-state index contributed by atoms with van der Waals surface area (Å²) < 4.78 is 0.671. The van der Waals surface area contributed by atoms with E-state index in [2.05, 4.69) is 26.2 Å². The van der Waals surface area contributed by atoms with E-state index in [0.29, 0.717) is 15.7 Å². The average molecular weight is 455 g/mol. The third-order valence-corrected chi connectivity index (χ3v) is 5.75. The number of thioether (sulfide) groups is 1. The lowest BCUT2D eigenvalue weighted by molar-refractivity contribution is 0.0772. The van der Waals surface area contributed by atoms with Crippen molar-refractivity contribution in [1.82, 2.24) is 9.88 Å². The Morgan fingerprint density at radius 1 is 1.27 bits per heavy atom. The first-order valence-electron chi connectivity index (χ1n) is 8.06. The first kappa shape index (κ1) is 19.2. The maximum atomic E-state index is 12.6. The Morgan fingerprint density at radius 2 is 2.00 bits per heavy atom. The number of pyridine rings is 1. The second-order valence-electron chi connectivity index (χ2n) is 5.88. The second-order valence-corrected chi connectivity index (χ2v) is 8.38. The van der Waals surface area contributed by atoms with E-state index >= 15 is 0 Å². The molecule has 1 aromatic carbocycles. The van der Waals surface area contributed by atoms with Crippen molar-refractivity contribution in [3.8, 4) is 0 Å². The molecule has 1 aromatic heterocycles. The minimum atomic E-state index is -0.348. The summed E-state index contributed by atoms with van der Waals surface area (Å²) in [6.07, 6.45) is 1.53. The fraction of sp³-hybridized carbons (Fsp3) is 0.278. The van der Waals surface area contributed by atoms with Crippen LogP contribution in [0.1, 0.15) is 26.3 Å². The molecule has 1 aliphatic rings. The molecule has 3 rings (SSSR count). The van der Waals surface area contributed by atoms with E-state index in [1.165, 1.54) is 6.20 Å². The number of hydrogen-bond donors (Lipinski definition) is 1. The van der Waals surface area contributed by atoms with Gasteiger partial charge in [-0.1, -0.05) is 11.6 Å². The number of halogens is 2. The van der Waals surface area contributed by atoms with Gasteiger partial charge in [-0.15, -0.1) is 0 Å². The quantitative estimate of drug-likeness (QED) is 0.704. The molecule has 0 atom stereocenters. The summed E-state index contributed by atoms with van der Waals surface area (Å²) in [6.45, 7) is 3.41. The van der Waals surface area contributed by atoms with Crippen molar-refractivity contribution >= 4 is 56.8 Å². The Kier molecular flexibility index (Phi) is 6.21. The van der Waals surface area contributed by atoms with Gasteiger partial charge < -0.3 is 10.2 Å². The standard InChI is InChI=1S/C18H17BrClN3O2S/c1-11-8-12(18(25)23-4-6-26-7-5-23)2-3-15(11)22-17(24)14-9-13(19)10-21-16(14)20/h2-3,8-10H,4-7H2,1H3,(H,22,24). The van der Waals surface area contributed by atoms with Crippen LogP contribution in [0.2, 0.25) is 5.15 Å². The molecule has 1 fully saturated rings. The third kappa shape index (κ3) is 4.39. The first-order chi connectivity index (χ1) is 12.5. The molecule has 5 nitrogen and oxygen atoms in total. The zero-order chi connectivity index (χ0) is 18.7. The van der Waals surface area contributed by atoms with E-state index in [4.69, 9.17) is 11.6 Å². The molecule has 2 amide bonds. The molecule has 0 aliphatic carbocycles. The highest BCUT2D eigenvalue weighted by Gasteiger charge is 2.19. The molecule has 1 aliphatic heterocycles. The van der Waals surface area contributed by atoms with Crippen LogP contribution in [0.25, 0.3) is 0 Å². The molecule has 0 bridgehead atoms. The van der Waals surface area contributed by atoms with E-state index in [1.54, 1.807) is 24.3 Å². The minimum absolute atomic E-state index is 0.0329. The normalized spacial score (nSPS) is 14.2. The van der Waals surface area contributed by atoms with Gasteiger partial charge in [0.2, 0.25) is 0 Å². The summed E-state index contributed by atoms with van der Waals surface area (Å²) in [6, 6.07) is 6.92. The highest BCUT2D eigenvalue weighted by molar-refractivity contribution is 9.10.